The highest BCUT2D eigenvalue weighted by Gasteiger charge is 2.35. The van der Waals surface area contributed by atoms with Crippen LogP contribution in [-0.2, 0) is 0 Å². The molecule has 0 atom stereocenters. The van der Waals surface area contributed by atoms with Crippen molar-refractivity contribution in [2.24, 2.45) is 23.2 Å². The van der Waals surface area contributed by atoms with Gasteiger partial charge in [-0.1, -0.05) is 78.6 Å². The number of hydrogen-bond donors (Lipinski definition) is 0. The van der Waals surface area contributed by atoms with Gasteiger partial charge in [-0.25, -0.2) is 0 Å². The largest absolute Gasteiger partial charge is 0.0654 e. The van der Waals surface area contributed by atoms with Crippen molar-refractivity contribution in [1.82, 2.24) is 0 Å². The van der Waals surface area contributed by atoms with Crippen LogP contribution in [0.5, 0.6) is 0 Å². The van der Waals surface area contributed by atoms with Crippen molar-refractivity contribution in [1.29, 1.82) is 0 Å². The Balaban J connectivity index is 1.63. The van der Waals surface area contributed by atoms with E-state index in [9.17, 15) is 0 Å². The lowest BCUT2D eigenvalue weighted by molar-refractivity contribution is 0.0952. The van der Waals surface area contributed by atoms with Crippen LogP contribution in [0.1, 0.15) is 124 Å². The molecular weight excluding hydrogens is 276 g/mol. The van der Waals surface area contributed by atoms with E-state index in [0.717, 1.165) is 17.8 Å². The van der Waals surface area contributed by atoms with E-state index in [0.29, 0.717) is 5.41 Å². The van der Waals surface area contributed by atoms with Crippen molar-refractivity contribution in [3.05, 3.63) is 0 Å². The monoisotopic (exact) mass is 320 g/mol. The minimum atomic E-state index is 0.697. The van der Waals surface area contributed by atoms with Crippen LogP contribution < -0.4 is 0 Å². The molecule has 0 N–H and O–H groups in total. The maximum absolute atomic E-state index is 2.58. The average molecular weight is 321 g/mol. The standard InChI is InChI=1S/C23H44/c1-4-6-8-9-10-20-11-13-21(14-12-20)22-15-18-23(3,19-16-22)17-7-5-2/h20-22H,4-19H2,1-3H3/t20?,21?,22-,23-. The predicted molar refractivity (Wildman–Crippen MR) is 104 cm³/mol. The third-order valence-electron chi connectivity index (χ3n) is 7.40. The fourth-order valence-electron chi connectivity index (χ4n) is 5.47. The fraction of sp³-hybridized carbons (Fsp3) is 1.00. The summed E-state index contributed by atoms with van der Waals surface area (Å²) in [5, 5.41) is 0. The van der Waals surface area contributed by atoms with E-state index >= 15 is 0 Å². The first kappa shape index (κ1) is 19.3. The molecule has 136 valence electrons. The number of rotatable bonds is 9. The molecule has 0 nitrogen and oxygen atoms in total. The molecule has 0 heteroatoms. The van der Waals surface area contributed by atoms with Gasteiger partial charge in [0.1, 0.15) is 0 Å². The summed E-state index contributed by atoms with van der Waals surface area (Å²) in [4.78, 5) is 0. The molecule has 2 fully saturated rings. The Labute approximate surface area is 147 Å². The fourth-order valence-corrected chi connectivity index (χ4v) is 5.47. The molecular formula is C23H44. The first-order valence-electron chi connectivity index (χ1n) is 11.2. The Morgan fingerprint density at radius 1 is 0.696 bits per heavy atom. The van der Waals surface area contributed by atoms with E-state index in [2.05, 4.69) is 20.8 Å². The smallest absolute Gasteiger partial charge is 0.0326 e. The summed E-state index contributed by atoms with van der Waals surface area (Å²) in [6.07, 6.45) is 24.0. The van der Waals surface area contributed by atoms with Crippen LogP contribution in [-0.4, -0.2) is 0 Å². The van der Waals surface area contributed by atoms with Gasteiger partial charge in [0.2, 0.25) is 0 Å². The zero-order valence-corrected chi connectivity index (χ0v) is 16.5. The summed E-state index contributed by atoms with van der Waals surface area (Å²) in [7, 11) is 0. The normalized spacial score (nSPS) is 35.3. The topological polar surface area (TPSA) is 0 Å². The molecule has 0 aromatic rings. The molecule has 2 saturated carbocycles. The summed E-state index contributed by atoms with van der Waals surface area (Å²) in [5.41, 5.74) is 0.697. The molecule has 0 spiro atoms. The zero-order chi connectivity index (χ0) is 16.5. The van der Waals surface area contributed by atoms with E-state index in [4.69, 9.17) is 0 Å². The van der Waals surface area contributed by atoms with Crippen LogP contribution in [0.25, 0.3) is 0 Å². The van der Waals surface area contributed by atoms with Gasteiger partial charge in [0.05, 0.1) is 0 Å². The predicted octanol–water partition coefficient (Wildman–Crippen LogP) is 8.15. The molecule has 2 rings (SSSR count). The van der Waals surface area contributed by atoms with Gasteiger partial charge in [0.25, 0.3) is 0 Å². The van der Waals surface area contributed by atoms with E-state index in [1.807, 2.05) is 0 Å². The lowest BCUT2D eigenvalue weighted by atomic mass is 9.63. The van der Waals surface area contributed by atoms with Gasteiger partial charge in [-0.15, -0.1) is 0 Å². The van der Waals surface area contributed by atoms with Crippen LogP contribution in [0, 0.1) is 23.2 Å². The molecule has 23 heavy (non-hydrogen) atoms. The van der Waals surface area contributed by atoms with Crippen molar-refractivity contribution in [3.63, 3.8) is 0 Å². The van der Waals surface area contributed by atoms with Gasteiger partial charge in [0.15, 0.2) is 0 Å². The molecule has 0 radical (unpaired) electrons. The van der Waals surface area contributed by atoms with Crippen LogP contribution >= 0.6 is 0 Å². The number of unbranched alkanes of at least 4 members (excludes halogenated alkanes) is 4. The van der Waals surface area contributed by atoms with Gasteiger partial charge >= 0.3 is 0 Å². The Kier molecular flexibility index (Phi) is 8.48. The molecule has 0 aromatic carbocycles. The molecule has 0 heterocycles. The Morgan fingerprint density at radius 3 is 1.91 bits per heavy atom. The third-order valence-corrected chi connectivity index (χ3v) is 7.40. The highest BCUT2D eigenvalue weighted by atomic mass is 14.4. The highest BCUT2D eigenvalue weighted by Crippen LogP contribution is 2.47. The SMILES string of the molecule is CCCCCCC1CCC([C@H]2CC[C@](C)(CCCC)CC2)CC1. The second-order valence-electron chi connectivity index (χ2n) is 9.38. The average Bonchev–Trinajstić information content (AvgIpc) is 2.58. The first-order chi connectivity index (χ1) is 11.2. The second-order valence-corrected chi connectivity index (χ2v) is 9.38. The van der Waals surface area contributed by atoms with Crippen LogP contribution in [0.15, 0.2) is 0 Å². The molecule has 0 aromatic heterocycles. The lowest BCUT2D eigenvalue weighted by Gasteiger charge is -2.42. The van der Waals surface area contributed by atoms with E-state index in [1.54, 1.807) is 38.5 Å². The van der Waals surface area contributed by atoms with Gasteiger partial charge < -0.3 is 0 Å². The van der Waals surface area contributed by atoms with Gasteiger partial charge in [-0.05, 0) is 68.1 Å². The highest BCUT2D eigenvalue weighted by molar-refractivity contribution is 4.86. The lowest BCUT2D eigenvalue weighted by Crippen LogP contribution is -2.30. The minimum Gasteiger partial charge on any atom is -0.0654 e. The summed E-state index contributed by atoms with van der Waals surface area (Å²) in [5.74, 6) is 3.27. The van der Waals surface area contributed by atoms with E-state index < -0.39 is 0 Å². The van der Waals surface area contributed by atoms with E-state index in [1.165, 1.54) is 64.2 Å². The summed E-state index contributed by atoms with van der Waals surface area (Å²) >= 11 is 0. The second kappa shape index (κ2) is 10.1. The van der Waals surface area contributed by atoms with Crippen LogP contribution in [0.3, 0.4) is 0 Å². The third kappa shape index (κ3) is 6.43. The maximum Gasteiger partial charge on any atom is -0.0326 e. The van der Waals surface area contributed by atoms with Crippen LogP contribution in [0.2, 0.25) is 0 Å². The van der Waals surface area contributed by atoms with E-state index in [-0.39, 0.29) is 0 Å². The van der Waals surface area contributed by atoms with Gasteiger partial charge in [-0.2, -0.15) is 0 Å². The van der Waals surface area contributed by atoms with Crippen molar-refractivity contribution in [2.45, 2.75) is 124 Å². The van der Waals surface area contributed by atoms with Crippen molar-refractivity contribution < 1.29 is 0 Å². The number of hydrogen-bond acceptors (Lipinski definition) is 0. The molecule has 0 amide bonds. The molecule has 0 bridgehead atoms. The molecule has 2 aliphatic rings. The molecule has 0 unspecified atom stereocenters. The first-order valence-corrected chi connectivity index (χ1v) is 11.2. The molecule has 2 aliphatic carbocycles. The minimum absolute atomic E-state index is 0.697. The van der Waals surface area contributed by atoms with Gasteiger partial charge in [-0.3, -0.25) is 0 Å². The zero-order valence-electron chi connectivity index (χ0n) is 16.5. The Morgan fingerprint density at radius 2 is 1.30 bits per heavy atom. The van der Waals surface area contributed by atoms with Crippen molar-refractivity contribution >= 4 is 0 Å². The molecule has 0 saturated heterocycles. The summed E-state index contributed by atoms with van der Waals surface area (Å²) < 4.78 is 0. The van der Waals surface area contributed by atoms with Crippen LogP contribution in [0.4, 0.5) is 0 Å². The van der Waals surface area contributed by atoms with Gasteiger partial charge in [0, 0.05) is 0 Å². The van der Waals surface area contributed by atoms with Crippen molar-refractivity contribution in [2.75, 3.05) is 0 Å². The maximum atomic E-state index is 2.58. The summed E-state index contributed by atoms with van der Waals surface area (Å²) in [6.45, 7) is 7.24. The Hall–Kier alpha value is 0. The van der Waals surface area contributed by atoms with Crippen molar-refractivity contribution in [3.8, 4) is 0 Å². The quantitative estimate of drug-likeness (QED) is 0.376. The summed E-state index contributed by atoms with van der Waals surface area (Å²) in [6, 6.07) is 0. The molecule has 0 aliphatic heterocycles. The Bertz CT molecular complexity index is 289.